The Morgan fingerprint density at radius 3 is 2.69 bits per heavy atom. The van der Waals surface area contributed by atoms with Crippen LogP contribution in [-0.4, -0.2) is 38.6 Å². The lowest BCUT2D eigenvalue weighted by atomic mass is 10.2. The third-order valence-corrected chi connectivity index (χ3v) is 4.66. The van der Waals surface area contributed by atoms with Crippen molar-refractivity contribution in [3.63, 3.8) is 0 Å². The van der Waals surface area contributed by atoms with Gasteiger partial charge >= 0.3 is 0 Å². The van der Waals surface area contributed by atoms with Gasteiger partial charge in [0.2, 0.25) is 5.65 Å². The lowest BCUT2D eigenvalue weighted by molar-refractivity contribution is 0.0953. The topological polar surface area (TPSA) is 84.2 Å². The Kier molecular flexibility index (Phi) is 5.33. The van der Waals surface area contributed by atoms with Crippen molar-refractivity contribution >= 4 is 28.4 Å². The lowest BCUT2D eigenvalue weighted by Crippen LogP contribution is -2.24. The van der Waals surface area contributed by atoms with Gasteiger partial charge in [0.25, 0.3) is 5.91 Å². The average molecular weight is 392 g/mol. The predicted molar refractivity (Wildman–Crippen MR) is 109 cm³/mol. The van der Waals surface area contributed by atoms with Crippen LogP contribution in [0.5, 0.6) is 0 Å². The number of amides is 1. The number of benzene rings is 2. The molecule has 2 heterocycles. The Morgan fingerprint density at radius 2 is 1.86 bits per heavy atom. The number of rotatable bonds is 7. The fourth-order valence-corrected chi connectivity index (χ4v) is 3.21. The minimum absolute atomic E-state index is 0.0670. The Hall–Kier alpha value is -3.55. The van der Waals surface area contributed by atoms with Crippen molar-refractivity contribution in [1.29, 1.82) is 0 Å². The number of halogens is 1. The Morgan fingerprint density at radius 1 is 1.07 bits per heavy atom. The molecule has 29 heavy (non-hydrogen) atoms. The van der Waals surface area contributed by atoms with Crippen LogP contribution < -0.4 is 10.6 Å². The number of fused-ring (bicyclic) bond motifs is 3. The largest absolute Gasteiger partial charge is 0.367 e. The van der Waals surface area contributed by atoms with Crippen LogP contribution in [0, 0.1) is 12.7 Å². The van der Waals surface area contributed by atoms with E-state index in [2.05, 4.69) is 25.8 Å². The highest BCUT2D eigenvalue weighted by atomic mass is 19.1. The molecule has 2 aromatic carbocycles. The van der Waals surface area contributed by atoms with E-state index < -0.39 is 0 Å². The summed E-state index contributed by atoms with van der Waals surface area (Å²) in [5.74, 6) is 0.886. The summed E-state index contributed by atoms with van der Waals surface area (Å²) in [6.07, 6.45) is 1.67. The number of carbonyl (C=O) groups is 1. The summed E-state index contributed by atoms with van der Waals surface area (Å²) in [6, 6.07) is 13.6. The average Bonchev–Trinajstić information content (AvgIpc) is 3.13. The van der Waals surface area contributed by atoms with Crippen molar-refractivity contribution in [3.8, 4) is 0 Å². The molecule has 0 aliphatic rings. The van der Waals surface area contributed by atoms with Crippen molar-refractivity contribution in [1.82, 2.24) is 24.9 Å². The second kappa shape index (κ2) is 8.22. The molecule has 0 bridgehead atoms. The summed E-state index contributed by atoms with van der Waals surface area (Å²) in [4.78, 5) is 16.6. The fourth-order valence-electron chi connectivity index (χ4n) is 3.21. The SMILES string of the molecule is Cc1nnc2c(NCCCCNC(=O)c3ccccc3)nc3ccc(F)cc3n12. The molecule has 0 saturated carbocycles. The van der Waals surface area contributed by atoms with Gasteiger partial charge in [0.1, 0.15) is 11.6 Å². The third-order valence-electron chi connectivity index (χ3n) is 4.66. The van der Waals surface area contributed by atoms with Gasteiger partial charge in [0.15, 0.2) is 5.82 Å². The van der Waals surface area contributed by atoms with Gasteiger partial charge in [0.05, 0.1) is 11.0 Å². The summed E-state index contributed by atoms with van der Waals surface area (Å²) in [7, 11) is 0. The first-order valence-electron chi connectivity index (χ1n) is 9.51. The van der Waals surface area contributed by atoms with E-state index in [4.69, 9.17) is 0 Å². The van der Waals surface area contributed by atoms with Crippen LogP contribution in [0.15, 0.2) is 48.5 Å². The Labute approximate surface area is 167 Å². The van der Waals surface area contributed by atoms with E-state index in [-0.39, 0.29) is 11.7 Å². The predicted octanol–water partition coefficient (Wildman–Crippen LogP) is 3.35. The molecule has 0 atom stereocenters. The Balaban J connectivity index is 1.36. The first-order valence-corrected chi connectivity index (χ1v) is 9.51. The molecule has 0 aliphatic carbocycles. The van der Waals surface area contributed by atoms with E-state index in [0.29, 0.717) is 47.0 Å². The zero-order chi connectivity index (χ0) is 20.2. The van der Waals surface area contributed by atoms with E-state index in [0.717, 1.165) is 12.8 Å². The van der Waals surface area contributed by atoms with Crippen LogP contribution in [0.25, 0.3) is 16.7 Å². The maximum atomic E-state index is 13.7. The highest BCUT2D eigenvalue weighted by molar-refractivity contribution is 5.94. The van der Waals surface area contributed by atoms with Gasteiger partial charge in [0, 0.05) is 24.7 Å². The molecular weight excluding hydrogens is 371 g/mol. The van der Waals surface area contributed by atoms with Crippen LogP contribution in [0.1, 0.15) is 29.0 Å². The van der Waals surface area contributed by atoms with Crippen LogP contribution in [0.3, 0.4) is 0 Å². The van der Waals surface area contributed by atoms with Gasteiger partial charge < -0.3 is 10.6 Å². The van der Waals surface area contributed by atoms with Crippen molar-refractivity contribution < 1.29 is 9.18 Å². The highest BCUT2D eigenvalue weighted by Crippen LogP contribution is 2.22. The summed E-state index contributed by atoms with van der Waals surface area (Å²) in [5.41, 5.74) is 2.53. The molecule has 0 radical (unpaired) electrons. The number of aromatic nitrogens is 4. The molecule has 4 aromatic rings. The maximum Gasteiger partial charge on any atom is 0.251 e. The first kappa shape index (κ1) is 18.8. The van der Waals surface area contributed by atoms with Crippen LogP contribution >= 0.6 is 0 Å². The minimum atomic E-state index is -0.327. The number of carbonyl (C=O) groups excluding carboxylic acids is 1. The van der Waals surface area contributed by atoms with E-state index in [1.54, 1.807) is 22.6 Å². The summed E-state index contributed by atoms with van der Waals surface area (Å²) >= 11 is 0. The number of hydrogen-bond acceptors (Lipinski definition) is 5. The molecule has 2 N–H and O–H groups in total. The highest BCUT2D eigenvalue weighted by Gasteiger charge is 2.13. The molecule has 0 spiro atoms. The second-order valence-corrected chi connectivity index (χ2v) is 6.76. The van der Waals surface area contributed by atoms with Gasteiger partial charge in [-0.2, -0.15) is 0 Å². The van der Waals surface area contributed by atoms with Crippen molar-refractivity contribution in [2.45, 2.75) is 19.8 Å². The van der Waals surface area contributed by atoms with Crippen molar-refractivity contribution in [3.05, 3.63) is 65.7 Å². The molecule has 0 unspecified atom stereocenters. The van der Waals surface area contributed by atoms with Crippen molar-refractivity contribution in [2.75, 3.05) is 18.4 Å². The number of hydrogen-bond donors (Lipinski definition) is 2. The normalized spacial score (nSPS) is 11.1. The molecule has 0 aliphatic heterocycles. The number of nitrogens with zero attached hydrogens (tertiary/aromatic N) is 4. The second-order valence-electron chi connectivity index (χ2n) is 6.76. The van der Waals surface area contributed by atoms with Gasteiger partial charge in [-0.05, 0) is 44.0 Å². The summed E-state index contributed by atoms with van der Waals surface area (Å²) in [5, 5.41) is 14.5. The molecule has 8 heteroatoms. The number of nitrogens with one attached hydrogen (secondary N) is 2. The Bertz CT molecular complexity index is 1160. The molecule has 148 valence electrons. The fraction of sp³-hybridized carbons (Fsp3) is 0.238. The molecular formula is C21H21FN6O. The lowest BCUT2D eigenvalue weighted by Gasteiger charge is -2.10. The van der Waals surface area contributed by atoms with Gasteiger partial charge in [-0.1, -0.05) is 18.2 Å². The van der Waals surface area contributed by atoms with E-state index in [1.165, 1.54) is 12.1 Å². The standard InChI is InChI=1S/C21H21FN6O/c1-14-26-27-20-19(25-17-10-9-16(22)13-18(17)28(14)20)23-11-5-6-12-24-21(29)15-7-3-2-4-8-15/h2-4,7-10,13H,5-6,11-12H2,1H3,(H,23,25)(H,24,29). The number of aryl methyl sites for hydroxylation is 1. The van der Waals surface area contributed by atoms with Gasteiger partial charge in [-0.15, -0.1) is 10.2 Å². The van der Waals surface area contributed by atoms with Gasteiger partial charge in [-0.3, -0.25) is 9.20 Å². The van der Waals surface area contributed by atoms with Crippen LogP contribution in [-0.2, 0) is 0 Å². The van der Waals surface area contributed by atoms with Crippen molar-refractivity contribution in [2.24, 2.45) is 0 Å². The van der Waals surface area contributed by atoms with Crippen LogP contribution in [0.2, 0.25) is 0 Å². The molecule has 1 amide bonds. The summed E-state index contributed by atoms with van der Waals surface area (Å²) < 4.78 is 15.5. The monoisotopic (exact) mass is 392 g/mol. The van der Waals surface area contributed by atoms with Crippen LogP contribution in [0.4, 0.5) is 10.2 Å². The van der Waals surface area contributed by atoms with E-state index >= 15 is 0 Å². The number of unbranched alkanes of at least 4 members (excludes halogenated alkanes) is 1. The molecule has 0 fully saturated rings. The molecule has 0 saturated heterocycles. The molecule has 2 aromatic heterocycles. The molecule has 7 nitrogen and oxygen atoms in total. The number of anilines is 1. The van der Waals surface area contributed by atoms with E-state index in [1.807, 2.05) is 25.1 Å². The quantitative estimate of drug-likeness (QED) is 0.471. The molecule has 4 rings (SSSR count). The first-order chi connectivity index (χ1) is 14.1. The third kappa shape index (κ3) is 4.01. The van der Waals surface area contributed by atoms with E-state index in [9.17, 15) is 9.18 Å². The summed E-state index contributed by atoms with van der Waals surface area (Å²) in [6.45, 7) is 3.09. The minimum Gasteiger partial charge on any atom is -0.367 e. The zero-order valence-electron chi connectivity index (χ0n) is 16.0. The van der Waals surface area contributed by atoms with Gasteiger partial charge in [-0.25, -0.2) is 9.37 Å². The maximum absolute atomic E-state index is 13.7. The zero-order valence-corrected chi connectivity index (χ0v) is 16.0. The smallest absolute Gasteiger partial charge is 0.251 e.